The highest BCUT2D eigenvalue weighted by atomic mass is 19.1. The van der Waals surface area contributed by atoms with Crippen molar-refractivity contribution < 1.29 is 18.6 Å². The second-order valence-corrected chi connectivity index (χ2v) is 5.72. The normalized spacial score (nSPS) is 11.9. The maximum Gasteiger partial charge on any atom is 0.168 e. The van der Waals surface area contributed by atoms with Crippen LogP contribution >= 0.6 is 0 Å². The van der Waals surface area contributed by atoms with Gasteiger partial charge in [-0.3, -0.25) is 0 Å². The van der Waals surface area contributed by atoms with Gasteiger partial charge in [0.15, 0.2) is 23.1 Å². The Morgan fingerprint density at radius 2 is 1.96 bits per heavy atom. The molecule has 0 bridgehead atoms. The molecule has 0 spiro atoms. The minimum Gasteiger partial charge on any atom is -0.495 e. The Morgan fingerprint density at radius 3 is 2.58 bits per heavy atom. The second kappa shape index (κ2) is 5.38. The van der Waals surface area contributed by atoms with E-state index in [0.717, 1.165) is 0 Å². The number of nitrogens with zero attached hydrogens (tertiary/aromatic N) is 4. The molecule has 0 aliphatic heterocycles. The molecule has 0 aromatic carbocycles. The van der Waals surface area contributed by atoms with Crippen LogP contribution in [0.4, 0.5) is 14.6 Å². The average Bonchev–Trinajstić information content (AvgIpc) is 2.91. The zero-order valence-corrected chi connectivity index (χ0v) is 13.2. The fraction of sp³-hybridized carbons (Fsp3) is 0.267. The number of halogens is 2. The summed E-state index contributed by atoms with van der Waals surface area (Å²) in [7, 11) is 1.44. The fourth-order valence-electron chi connectivity index (χ4n) is 2.30. The predicted molar refractivity (Wildman–Crippen MR) is 82.3 cm³/mol. The number of pyridine rings is 1. The van der Waals surface area contributed by atoms with Gasteiger partial charge in [-0.2, -0.15) is 5.10 Å². The lowest BCUT2D eigenvalue weighted by atomic mass is 10.0. The summed E-state index contributed by atoms with van der Waals surface area (Å²) >= 11 is 0. The number of aliphatic hydroxyl groups is 1. The summed E-state index contributed by atoms with van der Waals surface area (Å²) in [4.78, 5) is 7.85. The Bertz CT molecular complexity index is 934. The largest absolute Gasteiger partial charge is 0.495 e. The van der Waals surface area contributed by atoms with Crippen molar-refractivity contribution in [2.75, 3.05) is 12.8 Å². The first kappa shape index (κ1) is 16.1. The van der Waals surface area contributed by atoms with E-state index < -0.39 is 23.1 Å². The molecule has 0 amide bonds. The summed E-state index contributed by atoms with van der Waals surface area (Å²) in [6.07, 6.45) is 1.33. The summed E-state index contributed by atoms with van der Waals surface area (Å²) in [6.45, 7) is 3.07. The van der Waals surface area contributed by atoms with Crippen LogP contribution in [0.5, 0.6) is 5.75 Å². The molecule has 0 saturated heterocycles. The molecule has 0 fully saturated rings. The molecule has 7 nitrogen and oxygen atoms in total. The van der Waals surface area contributed by atoms with Gasteiger partial charge in [-0.1, -0.05) is 0 Å². The van der Waals surface area contributed by atoms with Gasteiger partial charge < -0.3 is 15.6 Å². The van der Waals surface area contributed by atoms with Crippen molar-refractivity contribution in [2.45, 2.75) is 19.4 Å². The Labute approximate surface area is 135 Å². The number of nitrogen functional groups attached to an aromatic ring is 1. The molecule has 3 aromatic rings. The number of hydrogen-bond donors (Lipinski definition) is 2. The zero-order valence-electron chi connectivity index (χ0n) is 13.2. The third-order valence-electron chi connectivity index (χ3n) is 3.46. The minimum atomic E-state index is -1.31. The number of rotatable bonds is 3. The third-order valence-corrected chi connectivity index (χ3v) is 3.46. The molecule has 126 valence electrons. The van der Waals surface area contributed by atoms with Crippen LogP contribution in [-0.4, -0.2) is 31.8 Å². The number of methoxy groups -OCH3 is 1. The lowest BCUT2D eigenvalue weighted by Gasteiger charge is -2.19. The van der Waals surface area contributed by atoms with Crippen molar-refractivity contribution in [2.24, 2.45) is 0 Å². The highest BCUT2D eigenvalue weighted by Crippen LogP contribution is 2.30. The van der Waals surface area contributed by atoms with E-state index in [0.29, 0.717) is 17.5 Å². The molecule has 0 atom stereocenters. The van der Waals surface area contributed by atoms with Crippen molar-refractivity contribution >= 4 is 11.5 Å². The van der Waals surface area contributed by atoms with Crippen molar-refractivity contribution in [1.29, 1.82) is 0 Å². The van der Waals surface area contributed by atoms with Crippen molar-refractivity contribution in [1.82, 2.24) is 19.6 Å². The number of fused-ring (bicyclic) bond motifs is 1. The molecule has 3 heterocycles. The number of nitrogens with two attached hydrogens (primary N) is 1. The van der Waals surface area contributed by atoms with Gasteiger partial charge in [0, 0.05) is 12.1 Å². The second-order valence-electron chi connectivity index (χ2n) is 5.72. The van der Waals surface area contributed by atoms with Gasteiger partial charge >= 0.3 is 0 Å². The van der Waals surface area contributed by atoms with Crippen LogP contribution in [0.2, 0.25) is 0 Å². The predicted octanol–water partition coefficient (Wildman–Crippen LogP) is 1.89. The molecule has 0 aliphatic carbocycles. The van der Waals surface area contributed by atoms with Gasteiger partial charge in [-0.05, 0) is 13.8 Å². The maximum atomic E-state index is 14.1. The molecule has 0 unspecified atom stereocenters. The Hall–Kier alpha value is -2.81. The first-order valence-electron chi connectivity index (χ1n) is 7.00. The molecule has 0 saturated carbocycles. The molecule has 3 aromatic heterocycles. The van der Waals surface area contributed by atoms with Gasteiger partial charge in [0.25, 0.3) is 0 Å². The van der Waals surface area contributed by atoms with E-state index in [1.165, 1.54) is 31.7 Å². The van der Waals surface area contributed by atoms with Crippen molar-refractivity contribution in [3.05, 3.63) is 35.7 Å². The zero-order chi connectivity index (χ0) is 17.6. The molecule has 9 heteroatoms. The molecule has 24 heavy (non-hydrogen) atoms. The topological polar surface area (TPSA) is 98.6 Å². The van der Waals surface area contributed by atoms with E-state index in [2.05, 4.69) is 15.1 Å². The van der Waals surface area contributed by atoms with Crippen LogP contribution in [-0.2, 0) is 5.60 Å². The molecule has 0 aliphatic rings. The van der Waals surface area contributed by atoms with E-state index in [1.807, 2.05) is 0 Å². The van der Waals surface area contributed by atoms with E-state index >= 15 is 0 Å². The van der Waals surface area contributed by atoms with E-state index in [-0.39, 0.29) is 17.1 Å². The number of hydrogen-bond acceptors (Lipinski definition) is 6. The first-order valence-corrected chi connectivity index (χ1v) is 7.00. The number of aromatic nitrogens is 4. The Kier molecular flexibility index (Phi) is 3.60. The lowest BCUT2D eigenvalue weighted by molar-refractivity contribution is 0.0694. The molecular formula is C15H15F2N5O2. The van der Waals surface area contributed by atoms with Gasteiger partial charge in [0.05, 0.1) is 13.3 Å². The fourth-order valence-corrected chi connectivity index (χ4v) is 2.30. The monoisotopic (exact) mass is 335 g/mol. The third kappa shape index (κ3) is 2.52. The minimum absolute atomic E-state index is 0.169. The molecule has 3 N–H and O–H groups in total. The summed E-state index contributed by atoms with van der Waals surface area (Å²) < 4.78 is 33.9. The summed E-state index contributed by atoms with van der Waals surface area (Å²) in [6, 6.07) is 2.20. The van der Waals surface area contributed by atoms with Crippen LogP contribution in [0.15, 0.2) is 18.3 Å². The number of ether oxygens (including phenoxy) is 1. The van der Waals surface area contributed by atoms with Crippen molar-refractivity contribution in [3.63, 3.8) is 0 Å². The van der Waals surface area contributed by atoms with Crippen LogP contribution in [0.1, 0.15) is 19.5 Å². The smallest absolute Gasteiger partial charge is 0.168 e. The van der Waals surface area contributed by atoms with Gasteiger partial charge in [-0.15, -0.1) is 0 Å². The highest BCUT2D eigenvalue weighted by molar-refractivity contribution is 5.62. The standard InChI is InChI=1S/C15H15F2N5O2/c1-15(2,23)13-10(24-3)5-11-19-6-9(22(11)21-13)12-7(16)4-8(17)14(18)20-12/h4-6,23H,1-3H3,(H2,18,20). The lowest BCUT2D eigenvalue weighted by Crippen LogP contribution is -2.20. The van der Waals surface area contributed by atoms with E-state index in [9.17, 15) is 13.9 Å². The van der Waals surface area contributed by atoms with Gasteiger partial charge in [-0.25, -0.2) is 23.3 Å². The maximum absolute atomic E-state index is 14.1. The number of anilines is 1. The van der Waals surface area contributed by atoms with Crippen LogP contribution < -0.4 is 10.5 Å². The Balaban J connectivity index is 2.30. The van der Waals surface area contributed by atoms with Gasteiger partial charge in [0.2, 0.25) is 0 Å². The van der Waals surface area contributed by atoms with E-state index in [4.69, 9.17) is 10.5 Å². The van der Waals surface area contributed by atoms with Gasteiger partial charge in [0.1, 0.15) is 28.4 Å². The molecule has 3 rings (SSSR count). The van der Waals surface area contributed by atoms with Crippen molar-refractivity contribution in [3.8, 4) is 17.1 Å². The Morgan fingerprint density at radius 1 is 1.25 bits per heavy atom. The SMILES string of the molecule is COc1cc2ncc(-c3nc(N)c(F)cc3F)n2nc1C(C)(C)O. The molecule has 0 radical (unpaired) electrons. The highest BCUT2D eigenvalue weighted by Gasteiger charge is 2.26. The van der Waals surface area contributed by atoms with E-state index in [1.54, 1.807) is 6.07 Å². The molecular weight excluding hydrogens is 320 g/mol. The van der Waals surface area contributed by atoms with Crippen LogP contribution in [0.25, 0.3) is 17.0 Å². The quantitative estimate of drug-likeness (QED) is 0.758. The van der Waals surface area contributed by atoms with Crippen LogP contribution in [0, 0.1) is 11.6 Å². The number of imidazole rings is 1. The van der Waals surface area contributed by atoms with Crippen LogP contribution in [0.3, 0.4) is 0 Å². The first-order chi connectivity index (χ1) is 11.2. The summed E-state index contributed by atoms with van der Waals surface area (Å²) in [5.74, 6) is -1.94. The average molecular weight is 335 g/mol. The summed E-state index contributed by atoms with van der Waals surface area (Å²) in [5.41, 5.74) is 4.66. The summed E-state index contributed by atoms with van der Waals surface area (Å²) in [5, 5.41) is 14.5.